The molecule has 0 saturated carbocycles. The van der Waals surface area contributed by atoms with Crippen molar-refractivity contribution >= 4 is 11.6 Å². The van der Waals surface area contributed by atoms with Crippen molar-refractivity contribution < 1.29 is 9.50 Å². The number of aliphatic hydroxyl groups excluding tert-OH is 1. The highest BCUT2D eigenvalue weighted by atomic mass is 35.5. The molecule has 2 rings (SSSR count). The van der Waals surface area contributed by atoms with Crippen LogP contribution in [-0.4, -0.2) is 11.7 Å². The Bertz CT molecular complexity index is 533. The minimum atomic E-state index is -0.415. The van der Waals surface area contributed by atoms with E-state index in [0.29, 0.717) is 12.1 Å². The zero-order valence-corrected chi connectivity index (χ0v) is 11.1. The first-order valence-corrected chi connectivity index (χ1v) is 6.42. The van der Waals surface area contributed by atoms with Crippen LogP contribution >= 0.6 is 11.6 Å². The minimum absolute atomic E-state index is 0.0494. The van der Waals surface area contributed by atoms with Crippen LogP contribution in [0.2, 0.25) is 5.02 Å². The van der Waals surface area contributed by atoms with E-state index in [1.165, 1.54) is 6.07 Å². The van der Waals surface area contributed by atoms with Crippen molar-refractivity contribution in [3.05, 3.63) is 70.5 Å². The van der Waals surface area contributed by atoms with Gasteiger partial charge in [0.05, 0.1) is 17.7 Å². The van der Waals surface area contributed by atoms with Gasteiger partial charge >= 0.3 is 0 Å². The summed E-state index contributed by atoms with van der Waals surface area (Å²) in [5.74, 6) is -0.415. The highest BCUT2D eigenvalue weighted by Gasteiger charge is 2.11. The lowest BCUT2D eigenvalue weighted by molar-refractivity contribution is 0.243. The van der Waals surface area contributed by atoms with E-state index in [1.54, 1.807) is 12.1 Å². The summed E-state index contributed by atoms with van der Waals surface area (Å²) in [4.78, 5) is 0. The topological polar surface area (TPSA) is 32.3 Å². The van der Waals surface area contributed by atoms with E-state index in [2.05, 4.69) is 5.32 Å². The fraction of sp³-hybridized carbons (Fsp3) is 0.200. The first-order chi connectivity index (χ1) is 9.22. The molecule has 4 heteroatoms. The molecule has 19 heavy (non-hydrogen) atoms. The second-order valence-corrected chi connectivity index (χ2v) is 4.65. The normalized spacial score (nSPS) is 12.4. The summed E-state index contributed by atoms with van der Waals surface area (Å²) < 4.78 is 13.7. The largest absolute Gasteiger partial charge is 0.394 e. The summed E-state index contributed by atoms with van der Waals surface area (Å²) in [7, 11) is 0. The number of aliphatic hydroxyl groups is 1. The van der Waals surface area contributed by atoms with Gasteiger partial charge in [-0.1, -0.05) is 54.1 Å². The van der Waals surface area contributed by atoms with Crippen molar-refractivity contribution in [1.82, 2.24) is 5.32 Å². The minimum Gasteiger partial charge on any atom is -0.394 e. The lowest BCUT2D eigenvalue weighted by atomic mass is 10.1. The van der Waals surface area contributed by atoms with E-state index in [4.69, 9.17) is 11.6 Å². The van der Waals surface area contributed by atoms with Gasteiger partial charge in [0, 0.05) is 12.1 Å². The van der Waals surface area contributed by atoms with Crippen molar-refractivity contribution in [1.29, 1.82) is 0 Å². The monoisotopic (exact) mass is 279 g/mol. The molecule has 0 unspecified atom stereocenters. The molecule has 0 fully saturated rings. The van der Waals surface area contributed by atoms with Gasteiger partial charge in [0.15, 0.2) is 0 Å². The number of rotatable bonds is 5. The number of benzene rings is 2. The van der Waals surface area contributed by atoms with Crippen molar-refractivity contribution in [2.45, 2.75) is 12.6 Å². The van der Waals surface area contributed by atoms with Crippen LogP contribution < -0.4 is 5.32 Å². The number of halogens is 2. The molecule has 0 radical (unpaired) electrons. The first kappa shape index (κ1) is 14.0. The summed E-state index contributed by atoms with van der Waals surface area (Å²) in [6.07, 6.45) is 0. The fourth-order valence-corrected chi connectivity index (χ4v) is 2.09. The molecule has 0 aromatic heterocycles. The van der Waals surface area contributed by atoms with Gasteiger partial charge in [-0.15, -0.1) is 0 Å². The van der Waals surface area contributed by atoms with Gasteiger partial charge in [-0.05, 0) is 11.6 Å². The third kappa shape index (κ3) is 3.53. The highest BCUT2D eigenvalue weighted by molar-refractivity contribution is 6.30. The van der Waals surface area contributed by atoms with Gasteiger partial charge in [-0.2, -0.15) is 0 Å². The smallest absolute Gasteiger partial charge is 0.146 e. The van der Waals surface area contributed by atoms with Gasteiger partial charge in [-0.3, -0.25) is 0 Å². The molecule has 2 nitrogen and oxygen atoms in total. The molecule has 0 amide bonds. The molecule has 0 aliphatic heterocycles. The van der Waals surface area contributed by atoms with E-state index in [9.17, 15) is 9.50 Å². The molecule has 0 heterocycles. The lowest BCUT2D eigenvalue weighted by Crippen LogP contribution is -2.24. The third-order valence-corrected chi connectivity index (χ3v) is 3.25. The summed E-state index contributed by atoms with van der Waals surface area (Å²) in [5.41, 5.74) is 1.45. The average Bonchev–Trinajstić information content (AvgIpc) is 2.45. The molecule has 0 spiro atoms. The van der Waals surface area contributed by atoms with Gasteiger partial charge in [0.1, 0.15) is 5.82 Å². The number of hydrogen-bond acceptors (Lipinski definition) is 2. The maximum Gasteiger partial charge on any atom is 0.146 e. The molecule has 2 aromatic rings. The van der Waals surface area contributed by atoms with E-state index in [0.717, 1.165) is 5.56 Å². The zero-order chi connectivity index (χ0) is 13.7. The quantitative estimate of drug-likeness (QED) is 0.880. The second-order valence-electron chi connectivity index (χ2n) is 4.24. The van der Waals surface area contributed by atoms with Crippen molar-refractivity contribution in [3.63, 3.8) is 0 Å². The Morgan fingerprint density at radius 2 is 1.84 bits per heavy atom. The SMILES string of the molecule is OC[C@H](NCc1cccc(Cl)c1F)c1ccccc1. The van der Waals surface area contributed by atoms with Gasteiger partial charge < -0.3 is 10.4 Å². The van der Waals surface area contributed by atoms with Crippen molar-refractivity contribution in [2.75, 3.05) is 6.61 Å². The Balaban J connectivity index is 2.06. The molecule has 2 N–H and O–H groups in total. The zero-order valence-electron chi connectivity index (χ0n) is 10.3. The fourth-order valence-electron chi connectivity index (χ4n) is 1.89. The molecule has 2 aromatic carbocycles. The molecule has 0 bridgehead atoms. The van der Waals surface area contributed by atoms with Crippen LogP contribution in [0, 0.1) is 5.82 Å². The summed E-state index contributed by atoms with van der Waals surface area (Å²) >= 11 is 5.73. The Morgan fingerprint density at radius 3 is 2.53 bits per heavy atom. The van der Waals surface area contributed by atoms with Gasteiger partial charge in [0.25, 0.3) is 0 Å². The molecule has 1 atom stereocenters. The maximum atomic E-state index is 13.7. The van der Waals surface area contributed by atoms with Crippen molar-refractivity contribution in [3.8, 4) is 0 Å². The lowest BCUT2D eigenvalue weighted by Gasteiger charge is -2.17. The highest BCUT2D eigenvalue weighted by Crippen LogP contribution is 2.19. The van der Waals surface area contributed by atoms with Crippen LogP contribution in [0.4, 0.5) is 4.39 Å². The molecular weight excluding hydrogens is 265 g/mol. The average molecular weight is 280 g/mol. The van der Waals surface area contributed by atoms with Crippen LogP contribution in [0.1, 0.15) is 17.2 Å². The Kier molecular flexibility index (Phi) is 4.91. The Hall–Kier alpha value is -1.42. The predicted octanol–water partition coefficient (Wildman–Crippen LogP) is 3.30. The summed E-state index contributed by atoms with van der Waals surface area (Å²) in [6, 6.07) is 14.2. The van der Waals surface area contributed by atoms with Crippen LogP contribution in [0.15, 0.2) is 48.5 Å². The van der Waals surface area contributed by atoms with Gasteiger partial charge in [-0.25, -0.2) is 4.39 Å². The molecule has 100 valence electrons. The molecule has 0 saturated heterocycles. The Morgan fingerprint density at radius 1 is 1.11 bits per heavy atom. The number of nitrogens with one attached hydrogen (secondary N) is 1. The van der Waals surface area contributed by atoms with Gasteiger partial charge in [0.2, 0.25) is 0 Å². The van der Waals surface area contributed by atoms with E-state index >= 15 is 0 Å². The van der Waals surface area contributed by atoms with E-state index < -0.39 is 5.82 Å². The standard InChI is InChI=1S/C15H15ClFNO/c16-13-8-4-7-12(15(13)17)9-18-14(10-19)11-5-2-1-3-6-11/h1-8,14,18-19H,9-10H2/t14-/m0/s1. The second kappa shape index (κ2) is 6.66. The Labute approximate surface area is 116 Å². The maximum absolute atomic E-state index is 13.7. The summed E-state index contributed by atoms with van der Waals surface area (Å²) in [5, 5.41) is 12.6. The third-order valence-electron chi connectivity index (χ3n) is 2.95. The molecule has 0 aliphatic carbocycles. The number of hydrogen-bond donors (Lipinski definition) is 2. The van der Waals surface area contributed by atoms with E-state index in [1.807, 2.05) is 30.3 Å². The predicted molar refractivity (Wildman–Crippen MR) is 74.5 cm³/mol. The molecular formula is C15H15ClFNO. The summed E-state index contributed by atoms with van der Waals surface area (Å²) in [6.45, 7) is 0.263. The molecule has 0 aliphatic rings. The van der Waals surface area contributed by atoms with Crippen LogP contribution in [0.3, 0.4) is 0 Å². The van der Waals surface area contributed by atoms with Crippen LogP contribution in [0.25, 0.3) is 0 Å². The van der Waals surface area contributed by atoms with Crippen LogP contribution in [0.5, 0.6) is 0 Å². The van der Waals surface area contributed by atoms with Crippen LogP contribution in [-0.2, 0) is 6.54 Å². The first-order valence-electron chi connectivity index (χ1n) is 6.04. The van der Waals surface area contributed by atoms with Crippen molar-refractivity contribution in [2.24, 2.45) is 0 Å². The van der Waals surface area contributed by atoms with E-state index in [-0.39, 0.29) is 17.7 Å².